The number of nitrogens with zero attached hydrogens (tertiary/aromatic N) is 3. The van der Waals surface area contributed by atoms with Crippen LogP contribution >= 0.6 is 0 Å². The number of rotatable bonds is 5. The lowest BCUT2D eigenvalue weighted by Gasteiger charge is -2.31. The Labute approximate surface area is 136 Å². The van der Waals surface area contributed by atoms with E-state index in [1.807, 2.05) is 6.92 Å². The lowest BCUT2D eigenvalue weighted by atomic mass is 10.0. The fourth-order valence-corrected chi connectivity index (χ4v) is 2.59. The Bertz CT molecular complexity index is 599. The molecule has 7 heteroatoms. The van der Waals surface area contributed by atoms with Crippen LogP contribution < -0.4 is 0 Å². The number of carboxylic acids is 1. The highest BCUT2D eigenvalue weighted by Crippen LogP contribution is 2.37. The molecule has 128 valence electrons. The molecule has 1 amide bonds. The zero-order valence-electron chi connectivity index (χ0n) is 14.4. The summed E-state index contributed by atoms with van der Waals surface area (Å²) in [4.78, 5) is 25.9. The van der Waals surface area contributed by atoms with E-state index in [0.717, 1.165) is 12.8 Å². The summed E-state index contributed by atoms with van der Waals surface area (Å²) < 4.78 is 7.02. The van der Waals surface area contributed by atoms with Gasteiger partial charge in [0.1, 0.15) is 5.60 Å². The van der Waals surface area contributed by atoms with E-state index in [1.54, 1.807) is 38.7 Å². The minimum atomic E-state index is -1.07. The number of amides is 1. The number of carboxylic acid groups (broad SMARTS) is 1. The fourth-order valence-electron chi connectivity index (χ4n) is 2.59. The van der Waals surface area contributed by atoms with Crippen molar-refractivity contribution in [2.24, 2.45) is 7.05 Å². The molecular formula is C16H25N3O4. The van der Waals surface area contributed by atoms with Crippen molar-refractivity contribution in [3.05, 3.63) is 17.5 Å². The smallest absolute Gasteiger partial charge is 0.411 e. The van der Waals surface area contributed by atoms with Crippen LogP contribution in [-0.4, -0.2) is 43.5 Å². The van der Waals surface area contributed by atoms with Crippen LogP contribution in [0, 0.1) is 0 Å². The van der Waals surface area contributed by atoms with Crippen LogP contribution in [0.25, 0.3) is 0 Å². The first-order chi connectivity index (χ1) is 10.6. The second kappa shape index (κ2) is 6.22. The fraction of sp³-hybridized carbons (Fsp3) is 0.688. The Morgan fingerprint density at radius 2 is 2.09 bits per heavy atom. The third kappa shape index (κ3) is 4.03. The van der Waals surface area contributed by atoms with Gasteiger partial charge in [0.25, 0.3) is 0 Å². The van der Waals surface area contributed by atoms with Crippen LogP contribution in [0.2, 0.25) is 0 Å². The molecule has 0 radical (unpaired) electrons. The summed E-state index contributed by atoms with van der Waals surface area (Å²) in [6.07, 6.45) is 3.29. The molecular weight excluding hydrogens is 298 g/mol. The maximum absolute atomic E-state index is 12.6. The van der Waals surface area contributed by atoms with Crippen molar-refractivity contribution in [1.29, 1.82) is 0 Å². The number of carbonyl (C=O) groups is 2. The molecule has 0 aliphatic heterocycles. The van der Waals surface area contributed by atoms with Crippen LogP contribution in [0.4, 0.5) is 4.79 Å². The second-order valence-electron chi connectivity index (χ2n) is 6.92. The summed E-state index contributed by atoms with van der Waals surface area (Å²) in [7, 11) is 1.75. The summed E-state index contributed by atoms with van der Waals surface area (Å²) in [6, 6.07) is -1.16. The maximum atomic E-state index is 12.6. The Kier molecular flexibility index (Phi) is 4.68. The van der Waals surface area contributed by atoms with E-state index in [2.05, 4.69) is 5.10 Å². The number of hydrogen-bond acceptors (Lipinski definition) is 4. The van der Waals surface area contributed by atoms with Gasteiger partial charge in [0.15, 0.2) is 6.04 Å². The van der Waals surface area contributed by atoms with Crippen molar-refractivity contribution in [3.63, 3.8) is 0 Å². The van der Waals surface area contributed by atoms with E-state index in [0.29, 0.717) is 17.7 Å². The summed E-state index contributed by atoms with van der Waals surface area (Å²) >= 11 is 0. The van der Waals surface area contributed by atoms with E-state index >= 15 is 0 Å². The molecule has 1 aliphatic carbocycles. The third-order valence-electron chi connectivity index (χ3n) is 3.62. The van der Waals surface area contributed by atoms with Crippen LogP contribution in [0.5, 0.6) is 0 Å². The van der Waals surface area contributed by atoms with E-state index < -0.39 is 23.7 Å². The zero-order valence-corrected chi connectivity index (χ0v) is 14.4. The van der Waals surface area contributed by atoms with Gasteiger partial charge in [-0.2, -0.15) is 5.10 Å². The quantitative estimate of drug-likeness (QED) is 0.900. The third-order valence-corrected chi connectivity index (χ3v) is 3.62. The first-order valence-corrected chi connectivity index (χ1v) is 7.90. The largest absolute Gasteiger partial charge is 0.479 e. The van der Waals surface area contributed by atoms with Crippen molar-refractivity contribution in [1.82, 2.24) is 14.7 Å². The molecule has 0 aromatic carbocycles. The number of carbonyl (C=O) groups excluding carboxylic acids is 1. The van der Waals surface area contributed by atoms with Gasteiger partial charge in [-0.25, -0.2) is 9.59 Å². The average molecular weight is 323 g/mol. The molecule has 23 heavy (non-hydrogen) atoms. The van der Waals surface area contributed by atoms with Crippen molar-refractivity contribution in [3.8, 4) is 0 Å². The molecule has 1 aromatic rings. The summed E-state index contributed by atoms with van der Waals surface area (Å²) in [5.41, 5.74) is 0.574. The van der Waals surface area contributed by atoms with E-state index in [-0.39, 0.29) is 6.04 Å². The van der Waals surface area contributed by atoms with Gasteiger partial charge in [-0.05, 0) is 40.0 Å². The highest BCUT2D eigenvalue weighted by molar-refractivity contribution is 5.82. The number of aryl methyl sites for hydroxylation is 2. The minimum Gasteiger partial charge on any atom is -0.479 e. The van der Waals surface area contributed by atoms with Crippen LogP contribution in [0.15, 0.2) is 6.20 Å². The number of ether oxygens (including phenoxy) is 1. The van der Waals surface area contributed by atoms with Crippen LogP contribution in [0.3, 0.4) is 0 Å². The predicted octanol–water partition coefficient (Wildman–Crippen LogP) is 2.51. The first kappa shape index (κ1) is 17.3. The van der Waals surface area contributed by atoms with Gasteiger partial charge in [-0.3, -0.25) is 9.58 Å². The average Bonchev–Trinajstić information content (AvgIpc) is 3.16. The molecule has 0 saturated heterocycles. The predicted molar refractivity (Wildman–Crippen MR) is 84.1 cm³/mol. The minimum absolute atomic E-state index is 0.0872. The van der Waals surface area contributed by atoms with E-state index in [9.17, 15) is 14.7 Å². The number of hydrogen-bond donors (Lipinski definition) is 1. The first-order valence-electron chi connectivity index (χ1n) is 7.90. The van der Waals surface area contributed by atoms with Crippen LogP contribution in [-0.2, 0) is 23.0 Å². The molecule has 1 saturated carbocycles. The lowest BCUT2D eigenvalue weighted by Crippen LogP contribution is -2.43. The number of aliphatic carboxylic acids is 1. The molecule has 0 bridgehead atoms. The molecule has 7 nitrogen and oxygen atoms in total. The Morgan fingerprint density at radius 3 is 2.52 bits per heavy atom. The molecule has 1 unspecified atom stereocenters. The van der Waals surface area contributed by atoms with Gasteiger partial charge in [-0.1, -0.05) is 6.92 Å². The topological polar surface area (TPSA) is 84.7 Å². The van der Waals surface area contributed by atoms with Gasteiger partial charge >= 0.3 is 12.1 Å². The van der Waals surface area contributed by atoms with Crippen molar-refractivity contribution < 1.29 is 19.4 Å². The summed E-state index contributed by atoms with van der Waals surface area (Å²) in [5.74, 6) is -1.06. The van der Waals surface area contributed by atoms with Crippen molar-refractivity contribution in [2.75, 3.05) is 0 Å². The van der Waals surface area contributed by atoms with Gasteiger partial charge in [0.05, 0.1) is 5.69 Å². The van der Waals surface area contributed by atoms with Gasteiger partial charge < -0.3 is 9.84 Å². The molecule has 1 atom stereocenters. The summed E-state index contributed by atoms with van der Waals surface area (Å²) in [5, 5.41) is 14.1. The standard InChI is InChI=1S/C16H25N3O4/c1-6-12-11(9-18(5)17-12)13(14(20)21)19(10-7-8-10)15(22)23-16(2,3)4/h9-10,13H,6-8H2,1-5H3,(H,20,21). The SMILES string of the molecule is CCc1nn(C)cc1C(C(=O)O)N(C(=O)OC(C)(C)C)C1CC1. The van der Waals surface area contributed by atoms with E-state index in [4.69, 9.17) is 4.74 Å². The van der Waals surface area contributed by atoms with Gasteiger partial charge in [0, 0.05) is 24.8 Å². The lowest BCUT2D eigenvalue weighted by molar-refractivity contribution is -0.143. The molecule has 1 fully saturated rings. The highest BCUT2D eigenvalue weighted by atomic mass is 16.6. The molecule has 1 heterocycles. The second-order valence-corrected chi connectivity index (χ2v) is 6.92. The van der Waals surface area contributed by atoms with Gasteiger partial charge in [0.2, 0.25) is 0 Å². The van der Waals surface area contributed by atoms with Crippen molar-refractivity contribution in [2.45, 2.75) is 64.6 Å². The van der Waals surface area contributed by atoms with E-state index in [1.165, 1.54) is 4.90 Å². The Morgan fingerprint density at radius 1 is 1.48 bits per heavy atom. The molecule has 1 aliphatic rings. The number of aromatic nitrogens is 2. The molecule has 1 N–H and O–H groups in total. The monoisotopic (exact) mass is 323 g/mol. The van der Waals surface area contributed by atoms with Gasteiger partial charge in [-0.15, -0.1) is 0 Å². The summed E-state index contributed by atoms with van der Waals surface area (Å²) in [6.45, 7) is 7.23. The normalized spacial score (nSPS) is 16.0. The maximum Gasteiger partial charge on any atom is 0.411 e. The Balaban J connectivity index is 2.40. The van der Waals surface area contributed by atoms with Crippen molar-refractivity contribution >= 4 is 12.1 Å². The molecule has 1 aromatic heterocycles. The van der Waals surface area contributed by atoms with Crippen LogP contribution in [0.1, 0.15) is 57.8 Å². The molecule has 2 rings (SSSR count). The Hall–Kier alpha value is -2.05. The molecule has 0 spiro atoms. The highest BCUT2D eigenvalue weighted by Gasteiger charge is 2.44. The zero-order chi connectivity index (χ0) is 17.4.